The number of amidine groups is 1. The van der Waals surface area contributed by atoms with Gasteiger partial charge in [0, 0.05) is 26.5 Å². The third-order valence-electron chi connectivity index (χ3n) is 5.39. The molecule has 0 saturated heterocycles. The number of hydrogen-bond acceptors (Lipinski definition) is 4. The highest BCUT2D eigenvalue weighted by atomic mass is 79.9. The molecule has 3 aromatic carbocycles. The van der Waals surface area contributed by atoms with Gasteiger partial charge in [-0.25, -0.2) is 0 Å². The Morgan fingerprint density at radius 2 is 1.88 bits per heavy atom. The fourth-order valence-electron chi connectivity index (χ4n) is 3.71. The van der Waals surface area contributed by atoms with Gasteiger partial charge in [0.15, 0.2) is 0 Å². The molecule has 6 heteroatoms. The number of thiophene rings is 1. The van der Waals surface area contributed by atoms with E-state index in [-0.39, 0.29) is 5.92 Å². The number of halogens is 1. The average molecular weight is 518 g/mol. The summed E-state index contributed by atoms with van der Waals surface area (Å²) in [5.41, 5.74) is 10.4. The molecule has 4 nitrogen and oxygen atoms in total. The van der Waals surface area contributed by atoms with Crippen LogP contribution in [0.5, 0.6) is 5.75 Å². The Bertz CT molecular complexity index is 1350. The van der Waals surface area contributed by atoms with E-state index in [0.29, 0.717) is 18.9 Å². The minimum atomic E-state index is -0.0481. The summed E-state index contributed by atoms with van der Waals surface area (Å²) in [5, 5.41) is 7.02. The van der Waals surface area contributed by atoms with E-state index in [9.17, 15) is 0 Å². The molecule has 0 amide bonds. The SMILES string of the molecule is CC#CC(C/C(N)=N/N)c1ccc(OCc2ccc3scc(-c4ccccc4Br)c3c2)cc1. The molecule has 0 spiro atoms. The highest BCUT2D eigenvalue weighted by Crippen LogP contribution is 2.38. The number of ether oxygens (including phenoxy) is 1. The second-order valence-electron chi connectivity index (χ2n) is 7.59. The quantitative estimate of drug-likeness (QED) is 0.0948. The third kappa shape index (κ3) is 5.39. The van der Waals surface area contributed by atoms with E-state index >= 15 is 0 Å². The molecule has 0 aliphatic heterocycles. The van der Waals surface area contributed by atoms with Crippen LogP contribution in [0.15, 0.2) is 81.7 Å². The minimum Gasteiger partial charge on any atom is -0.489 e. The number of nitrogens with two attached hydrogens (primary N) is 2. The third-order valence-corrected chi connectivity index (χ3v) is 7.04. The van der Waals surface area contributed by atoms with Crippen molar-refractivity contribution < 1.29 is 4.74 Å². The van der Waals surface area contributed by atoms with Gasteiger partial charge in [-0.15, -0.1) is 17.3 Å². The molecule has 166 valence electrons. The van der Waals surface area contributed by atoms with Gasteiger partial charge in [0.2, 0.25) is 0 Å². The predicted octanol–water partition coefficient (Wildman–Crippen LogP) is 6.64. The van der Waals surface area contributed by atoms with Crippen LogP contribution in [0.1, 0.15) is 30.4 Å². The smallest absolute Gasteiger partial charge is 0.120 e. The first-order chi connectivity index (χ1) is 16.1. The normalized spacial score (nSPS) is 12.2. The van der Waals surface area contributed by atoms with E-state index in [1.807, 2.05) is 37.3 Å². The van der Waals surface area contributed by atoms with Crippen LogP contribution in [-0.4, -0.2) is 5.84 Å². The maximum absolute atomic E-state index is 6.07. The van der Waals surface area contributed by atoms with Crippen molar-refractivity contribution in [1.29, 1.82) is 0 Å². The summed E-state index contributed by atoms with van der Waals surface area (Å²) in [6.45, 7) is 2.30. The number of benzene rings is 3. The van der Waals surface area contributed by atoms with Gasteiger partial charge >= 0.3 is 0 Å². The van der Waals surface area contributed by atoms with Gasteiger partial charge in [0.1, 0.15) is 18.2 Å². The molecular formula is C27H24BrN3OS. The molecule has 4 aromatic rings. The lowest BCUT2D eigenvalue weighted by molar-refractivity contribution is 0.306. The lowest BCUT2D eigenvalue weighted by Crippen LogP contribution is -2.17. The summed E-state index contributed by atoms with van der Waals surface area (Å²) in [6, 6.07) is 22.8. The Kier molecular flexibility index (Phi) is 7.33. The average Bonchev–Trinajstić information content (AvgIpc) is 3.26. The van der Waals surface area contributed by atoms with Crippen LogP contribution in [0.3, 0.4) is 0 Å². The zero-order chi connectivity index (χ0) is 23.2. The summed E-state index contributed by atoms with van der Waals surface area (Å²) < 4.78 is 8.43. The van der Waals surface area contributed by atoms with Gasteiger partial charge < -0.3 is 16.3 Å². The number of nitrogens with zero attached hydrogens (tertiary/aromatic N) is 1. The molecule has 1 atom stereocenters. The molecular weight excluding hydrogens is 494 g/mol. The molecule has 4 rings (SSSR count). The number of fused-ring (bicyclic) bond motifs is 1. The van der Waals surface area contributed by atoms with Crippen molar-refractivity contribution in [3.63, 3.8) is 0 Å². The van der Waals surface area contributed by atoms with Crippen LogP contribution in [0, 0.1) is 11.8 Å². The van der Waals surface area contributed by atoms with Gasteiger partial charge in [-0.3, -0.25) is 0 Å². The maximum atomic E-state index is 6.07. The Hall–Kier alpha value is -3.27. The van der Waals surface area contributed by atoms with Crippen LogP contribution < -0.4 is 16.3 Å². The molecule has 4 N–H and O–H groups in total. The topological polar surface area (TPSA) is 73.6 Å². The maximum Gasteiger partial charge on any atom is 0.120 e. The molecule has 1 aromatic heterocycles. The first kappa shape index (κ1) is 22.9. The Morgan fingerprint density at radius 3 is 2.61 bits per heavy atom. The van der Waals surface area contributed by atoms with Crippen molar-refractivity contribution in [3.05, 3.63) is 87.7 Å². The van der Waals surface area contributed by atoms with E-state index in [0.717, 1.165) is 21.3 Å². The largest absolute Gasteiger partial charge is 0.489 e. The van der Waals surface area contributed by atoms with Gasteiger partial charge in [-0.2, -0.15) is 5.10 Å². The number of hydrogen-bond donors (Lipinski definition) is 2. The highest BCUT2D eigenvalue weighted by Gasteiger charge is 2.12. The van der Waals surface area contributed by atoms with E-state index < -0.39 is 0 Å². The summed E-state index contributed by atoms with van der Waals surface area (Å²) >= 11 is 5.43. The van der Waals surface area contributed by atoms with Crippen LogP contribution >= 0.6 is 27.3 Å². The molecule has 0 aliphatic rings. The van der Waals surface area contributed by atoms with E-state index in [2.05, 4.69) is 74.7 Å². The predicted molar refractivity (Wildman–Crippen MR) is 142 cm³/mol. The molecule has 0 bridgehead atoms. The zero-order valence-corrected chi connectivity index (χ0v) is 20.6. The van der Waals surface area contributed by atoms with E-state index in [1.165, 1.54) is 21.2 Å². The second-order valence-corrected chi connectivity index (χ2v) is 9.35. The first-order valence-corrected chi connectivity index (χ1v) is 12.2. The molecule has 1 unspecified atom stereocenters. The van der Waals surface area contributed by atoms with Crippen molar-refractivity contribution in [1.82, 2.24) is 0 Å². The summed E-state index contributed by atoms with van der Waals surface area (Å²) in [5.74, 6) is 12.5. The molecule has 33 heavy (non-hydrogen) atoms. The van der Waals surface area contributed by atoms with Gasteiger partial charge in [-0.1, -0.05) is 58.2 Å². The summed E-state index contributed by atoms with van der Waals surface area (Å²) in [6.07, 6.45) is 0.498. The van der Waals surface area contributed by atoms with Crippen molar-refractivity contribution in [2.45, 2.75) is 25.9 Å². The standard InChI is InChI=1S/C27H24BrN3OS/c1-2-5-20(15-27(29)31-30)19-9-11-21(12-10-19)32-16-18-8-13-26-23(14-18)24(17-33-26)22-6-3-4-7-25(22)28/h3-4,6-14,17,20H,15-16,30H2,1H3,(H2,29,31). The number of rotatable bonds is 7. The van der Waals surface area contributed by atoms with E-state index in [1.54, 1.807) is 11.3 Å². The van der Waals surface area contributed by atoms with Crippen molar-refractivity contribution in [2.75, 3.05) is 0 Å². The Balaban J connectivity index is 1.50. The Labute approximate surface area is 206 Å². The monoisotopic (exact) mass is 517 g/mol. The summed E-state index contributed by atoms with van der Waals surface area (Å²) in [4.78, 5) is 0. The summed E-state index contributed by atoms with van der Waals surface area (Å²) in [7, 11) is 0. The molecule has 0 radical (unpaired) electrons. The zero-order valence-electron chi connectivity index (χ0n) is 18.2. The fourth-order valence-corrected chi connectivity index (χ4v) is 5.15. The Morgan fingerprint density at radius 1 is 1.09 bits per heavy atom. The minimum absolute atomic E-state index is 0.0481. The molecule has 1 heterocycles. The second kappa shape index (κ2) is 10.6. The molecule has 0 aliphatic carbocycles. The fraction of sp³-hybridized carbons (Fsp3) is 0.148. The number of hydrazone groups is 1. The van der Waals surface area contributed by atoms with E-state index in [4.69, 9.17) is 16.3 Å². The lowest BCUT2D eigenvalue weighted by atomic mass is 9.95. The van der Waals surface area contributed by atoms with Crippen LogP contribution in [-0.2, 0) is 6.61 Å². The first-order valence-electron chi connectivity index (χ1n) is 10.5. The highest BCUT2D eigenvalue weighted by molar-refractivity contribution is 9.10. The van der Waals surface area contributed by atoms with Crippen LogP contribution in [0.4, 0.5) is 0 Å². The van der Waals surface area contributed by atoms with Crippen LogP contribution in [0.2, 0.25) is 0 Å². The van der Waals surface area contributed by atoms with Crippen molar-refractivity contribution in [3.8, 4) is 28.7 Å². The van der Waals surface area contributed by atoms with Crippen molar-refractivity contribution in [2.24, 2.45) is 16.7 Å². The van der Waals surface area contributed by atoms with Gasteiger partial charge in [-0.05, 0) is 59.3 Å². The molecule has 0 fully saturated rings. The van der Waals surface area contributed by atoms with Gasteiger partial charge in [0.05, 0.1) is 5.92 Å². The lowest BCUT2D eigenvalue weighted by Gasteiger charge is -2.12. The van der Waals surface area contributed by atoms with Crippen LogP contribution in [0.25, 0.3) is 21.2 Å². The van der Waals surface area contributed by atoms with Gasteiger partial charge in [0.25, 0.3) is 0 Å². The van der Waals surface area contributed by atoms with Crippen molar-refractivity contribution >= 4 is 43.2 Å². The molecule has 0 saturated carbocycles.